The number of anilines is 1. The number of carbonyl (C=O) groups is 1. The lowest BCUT2D eigenvalue weighted by Gasteiger charge is -2.07. The normalized spacial score (nSPS) is 10.8. The van der Waals surface area contributed by atoms with Gasteiger partial charge in [-0.05, 0) is 31.0 Å². The molecule has 0 spiro atoms. The molecule has 0 aromatic carbocycles. The Labute approximate surface area is 155 Å². The first-order valence-electron chi connectivity index (χ1n) is 8.35. The number of hydrogen-bond donors (Lipinski definition) is 2. The first kappa shape index (κ1) is 18.2. The molecule has 0 aliphatic heterocycles. The molecule has 3 heterocycles. The SMILES string of the molecule is COCCCNC(=O)c1sc2ncnc(NCc3ccccn3)c2c1C. The fourth-order valence-corrected chi connectivity index (χ4v) is 3.66. The fourth-order valence-electron chi connectivity index (χ4n) is 2.60. The summed E-state index contributed by atoms with van der Waals surface area (Å²) in [4.78, 5) is 26.9. The van der Waals surface area contributed by atoms with Gasteiger partial charge in [-0.1, -0.05) is 6.07 Å². The molecular weight excluding hydrogens is 350 g/mol. The van der Waals surface area contributed by atoms with E-state index >= 15 is 0 Å². The van der Waals surface area contributed by atoms with Gasteiger partial charge in [0.15, 0.2) is 0 Å². The Morgan fingerprint density at radius 3 is 2.92 bits per heavy atom. The Morgan fingerprint density at radius 1 is 1.27 bits per heavy atom. The molecular formula is C18H21N5O2S. The van der Waals surface area contributed by atoms with Crippen molar-refractivity contribution in [3.05, 3.63) is 46.9 Å². The molecule has 8 heteroatoms. The highest BCUT2D eigenvalue weighted by Crippen LogP contribution is 2.33. The van der Waals surface area contributed by atoms with Crippen molar-refractivity contribution >= 4 is 33.3 Å². The van der Waals surface area contributed by atoms with Crippen LogP contribution in [0.25, 0.3) is 10.2 Å². The maximum atomic E-state index is 12.5. The average molecular weight is 371 g/mol. The van der Waals surface area contributed by atoms with Crippen molar-refractivity contribution < 1.29 is 9.53 Å². The molecule has 0 aliphatic rings. The number of fused-ring (bicyclic) bond motifs is 1. The van der Waals surface area contributed by atoms with Gasteiger partial charge >= 0.3 is 0 Å². The molecule has 0 saturated carbocycles. The van der Waals surface area contributed by atoms with Gasteiger partial charge in [-0.2, -0.15) is 0 Å². The van der Waals surface area contributed by atoms with E-state index in [1.54, 1.807) is 13.3 Å². The van der Waals surface area contributed by atoms with Crippen LogP contribution < -0.4 is 10.6 Å². The second kappa shape index (κ2) is 8.68. The number of nitrogens with zero attached hydrogens (tertiary/aromatic N) is 3. The summed E-state index contributed by atoms with van der Waals surface area (Å²) >= 11 is 1.38. The summed E-state index contributed by atoms with van der Waals surface area (Å²) in [6.45, 7) is 3.69. The smallest absolute Gasteiger partial charge is 0.261 e. The van der Waals surface area contributed by atoms with Crippen molar-refractivity contribution in [2.75, 3.05) is 25.6 Å². The van der Waals surface area contributed by atoms with Crippen molar-refractivity contribution in [1.29, 1.82) is 0 Å². The molecule has 0 bridgehead atoms. The molecule has 3 aromatic rings. The predicted molar refractivity (Wildman–Crippen MR) is 103 cm³/mol. The van der Waals surface area contributed by atoms with E-state index in [0.29, 0.717) is 30.4 Å². The van der Waals surface area contributed by atoms with E-state index in [4.69, 9.17) is 4.74 Å². The minimum absolute atomic E-state index is 0.0859. The topological polar surface area (TPSA) is 89.0 Å². The Kier molecular flexibility index (Phi) is 6.08. The van der Waals surface area contributed by atoms with E-state index in [-0.39, 0.29) is 5.91 Å². The molecule has 1 amide bonds. The first-order chi connectivity index (χ1) is 12.7. The number of amides is 1. The van der Waals surface area contributed by atoms with E-state index in [2.05, 4.69) is 25.6 Å². The van der Waals surface area contributed by atoms with Gasteiger partial charge in [0.25, 0.3) is 5.91 Å². The summed E-state index contributed by atoms with van der Waals surface area (Å²) in [5.41, 5.74) is 1.81. The van der Waals surface area contributed by atoms with Crippen LogP contribution in [0, 0.1) is 6.92 Å². The Bertz CT molecular complexity index is 882. The number of pyridine rings is 1. The highest BCUT2D eigenvalue weighted by Gasteiger charge is 2.19. The Hall–Kier alpha value is -2.58. The number of ether oxygens (including phenoxy) is 1. The van der Waals surface area contributed by atoms with Crippen molar-refractivity contribution in [2.24, 2.45) is 0 Å². The van der Waals surface area contributed by atoms with E-state index in [1.807, 2.05) is 25.1 Å². The summed E-state index contributed by atoms with van der Waals surface area (Å²) in [6.07, 6.45) is 4.05. The molecule has 0 atom stereocenters. The molecule has 2 N–H and O–H groups in total. The minimum Gasteiger partial charge on any atom is -0.385 e. The molecule has 136 valence electrons. The van der Waals surface area contributed by atoms with Gasteiger partial charge in [0.1, 0.15) is 17.0 Å². The summed E-state index contributed by atoms with van der Waals surface area (Å²) in [7, 11) is 1.65. The van der Waals surface area contributed by atoms with Crippen LogP contribution in [-0.4, -0.2) is 41.1 Å². The lowest BCUT2D eigenvalue weighted by molar-refractivity contribution is 0.0952. The maximum Gasteiger partial charge on any atom is 0.261 e. The summed E-state index contributed by atoms with van der Waals surface area (Å²) in [6, 6.07) is 5.78. The van der Waals surface area contributed by atoms with Crippen LogP contribution in [0.3, 0.4) is 0 Å². The van der Waals surface area contributed by atoms with Gasteiger partial charge in [0.2, 0.25) is 0 Å². The zero-order valence-electron chi connectivity index (χ0n) is 14.8. The van der Waals surface area contributed by atoms with Crippen LogP contribution in [0.5, 0.6) is 0 Å². The maximum absolute atomic E-state index is 12.5. The molecule has 0 fully saturated rings. The molecule has 0 unspecified atom stereocenters. The molecule has 0 aliphatic carbocycles. The third-order valence-corrected chi connectivity index (χ3v) is 5.11. The summed E-state index contributed by atoms with van der Waals surface area (Å²) < 4.78 is 5.00. The first-order valence-corrected chi connectivity index (χ1v) is 9.17. The van der Waals surface area contributed by atoms with E-state index in [9.17, 15) is 4.79 Å². The lowest BCUT2D eigenvalue weighted by Crippen LogP contribution is -2.24. The number of nitrogens with one attached hydrogen (secondary N) is 2. The largest absolute Gasteiger partial charge is 0.385 e. The second-order valence-corrected chi connectivity index (χ2v) is 6.73. The lowest BCUT2D eigenvalue weighted by atomic mass is 10.2. The minimum atomic E-state index is -0.0859. The second-order valence-electron chi connectivity index (χ2n) is 5.74. The molecule has 0 saturated heterocycles. The Balaban J connectivity index is 1.78. The Morgan fingerprint density at radius 2 is 2.15 bits per heavy atom. The molecule has 3 rings (SSSR count). The predicted octanol–water partition coefficient (Wildman–Crippen LogP) is 2.77. The van der Waals surface area contributed by atoms with Crippen molar-refractivity contribution in [2.45, 2.75) is 19.9 Å². The van der Waals surface area contributed by atoms with Crippen molar-refractivity contribution in [3.8, 4) is 0 Å². The number of hydrogen-bond acceptors (Lipinski definition) is 7. The summed E-state index contributed by atoms with van der Waals surface area (Å²) in [5.74, 6) is 0.630. The van der Waals surface area contributed by atoms with Crippen LogP contribution in [-0.2, 0) is 11.3 Å². The number of carbonyl (C=O) groups excluding carboxylic acids is 1. The van der Waals surface area contributed by atoms with Gasteiger partial charge in [-0.25, -0.2) is 9.97 Å². The van der Waals surface area contributed by atoms with Gasteiger partial charge in [0, 0.05) is 26.5 Å². The fraction of sp³-hybridized carbons (Fsp3) is 0.333. The average Bonchev–Trinajstić information content (AvgIpc) is 3.02. The van der Waals surface area contributed by atoms with E-state index in [1.165, 1.54) is 17.7 Å². The van der Waals surface area contributed by atoms with Crippen LogP contribution in [0.4, 0.5) is 5.82 Å². The highest BCUT2D eigenvalue weighted by atomic mass is 32.1. The number of aryl methyl sites for hydroxylation is 1. The summed E-state index contributed by atoms with van der Waals surface area (Å²) in [5, 5.41) is 7.11. The quantitative estimate of drug-likeness (QED) is 0.592. The molecule has 0 radical (unpaired) electrons. The molecule has 26 heavy (non-hydrogen) atoms. The third kappa shape index (κ3) is 4.14. The zero-order chi connectivity index (χ0) is 18.4. The third-order valence-electron chi connectivity index (χ3n) is 3.91. The molecule has 3 aromatic heterocycles. The van der Waals surface area contributed by atoms with Gasteiger partial charge in [-0.3, -0.25) is 9.78 Å². The number of methoxy groups -OCH3 is 1. The van der Waals surface area contributed by atoms with Crippen molar-refractivity contribution in [3.63, 3.8) is 0 Å². The van der Waals surface area contributed by atoms with Gasteiger partial charge in [0.05, 0.1) is 22.5 Å². The highest BCUT2D eigenvalue weighted by molar-refractivity contribution is 7.20. The van der Waals surface area contributed by atoms with E-state index in [0.717, 1.165) is 27.9 Å². The van der Waals surface area contributed by atoms with Crippen LogP contribution in [0.2, 0.25) is 0 Å². The molecule has 7 nitrogen and oxygen atoms in total. The van der Waals surface area contributed by atoms with Gasteiger partial charge in [-0.15, -0.1) is 11.3 Å². The number of thiophene rings is 1. The van der Waals surface area contributed by atoms with Crippen molar-refractivity contribution in [1.82, 2.24) is 20.3 Å². The van der Waals surface area contributed by atoms with Crippen LogP contribution >= 0.6 is 11.3 Å². The van der Waals surface area contributed by atoms with Crippen LogP contribution in [0.1, 0.15) is 27.3 Å². The van der Waals surface area contributed by atoms with Crippen LogP contribution in [0.15, 0.2) is 30.7 Å². The standard InChI is InChI=1S/C18H21N5O2S/c1-12-14-16(21-10-13-6-3-4-7-19-13)22-11-23-18(14)26-15(12)17(24)20-8-5-9-25-2/h3-4,6-7,11H,5,8-10H2,1-2H3,(H,20,24)(H,21,22,23). The number of aromatic nitrogens is 3. The van der Waals surface area contributed by atoms with Gasteiger partial charge < -0.3 is 15.4 Å². The van der Waals surface area contributed by atoms with E-state index < -0.39 is 0 Å². The number of rotatable bonds is 8. The zero-order valence-corrected chi connectivity index (χ0v) is 15.6. The monoisotopic (exact) mass is 371 g/mol.